The van der Waals surface area contributed by atoms with Crippen molar-refractivity contribution in [3.63, 3.8) is 0 Å². The zero-order valence-corrected chi connectivity index (χ0v) is 22.9. The lowest BCUT2D eigenvalue weighted by atomic mass is 10.0. The van der Waals surface area contributed by atoms with Gasteiger partial charge in [-0.1, -0.05) is 23.6 Å². The largest absolute Gasteiger partial charge is 0.416 e. The number of amides is 1. The number of piperazine rings is 1. The van der Waals surface area contributed by atoms with Crippen LogP contribution < -0.4 is 22.1 Å². The van der Waals surface area contributed by atoms with Crippen molar-refractivity contribution in [3.8, 4) is 11.8 Å². The fraction of sp³-hybridized carbons (Fsp3) is 0.345. The Bertz CT molecular complexity index is 1370. The highest BCUT2D eigenvalue weighted by Crippen LogP contribution is 2.35. The molecule has 212 valence electrons. The van der Waals surface area contributed by atoms with Crippen LogP contribution >= 0.6 is 11.6 Å². The zero-order chi connectivity index (χ0) is 28.9. The normalized spacial score (nSPS) is 17.2. The van der Waals surface area contributed by atoms with E-state index in [1.807, 2.05) is 11.9 Å². The van der Waals surface area contributed by atoms with Crippen LogP contribution in [0.2, 0.25) is 5.02 Å². The molecule has 7 nitrogen and oxygen atoms in total. The summed E-state index contributed by atoms with van der Waals surface area (Å²) < 4.78 is 41.7. The first-order valence-corrected chi connectivity index (χ1v) is 13.3. The summed E-state index contributed by atoms with van der Waals surface area (Å²) in [6.07, 6.45) is 0.795. The van der Waals surface area contributed by atoms with Gasteiger partial charge in [-0.15, -0.1) is 0 Å². The molecule has 1 heterocycles. The van der Waals surface area contributed by atoms with Crippen LogP contribution in [0.15, 0.2) is 60.1 Å². The van der Waals surface area contributed by atoms with Crippen molar-refractivity contribution in [3.05, 3.63) is 87.3 Å². The van der Waals surface area contributed by atoms with Gasteiger partial charge in [0.25, 0.3) is 5.91 Å². The fourth-order valence-corrected chi connectivity index (χ4v) is 4.31. The van der Waals surface area contributed by atoms with Crippen LogP contribution in [-0.2, 0) is 12.7 Å². The number of anilines is 1. The first-order valence-electron chi connectivity index (χ1n) is 12.9. The Labute approximate surface area is 237 Å². The molecule has 40 heavy (non-hydrogen) atoms. The number of likely N-dealkylation sites (N-methyl/N-ethyl adjacent to an activating group) is 1. The first kappa shape index (κ1) is 29.3. The Morgan fingerprint density at radius 1 is 1.10 bits per heavy atom. The third kappa shape index (κ3) is 8.42. The maximum atomic E-state index is 13.9. The lowest BCUT2D eigenvalue weighted by Crippen LogP contribution is -2.44. The average molecular weight is 573 g/mol. The van der Waals surface area contributed by atoms with Gasteiger partial charge in [0.1, 0.15) is 0 Å². The molecule has 0 aromatic heterocycles. The van der Waals surface area contributed by atoms with Crippen LogP contribution in [0, 0.1) is 11.8 Å². The topological polar surface area (TPSA) is 99.6 Å². The van der Waals surface area contributed by atoms with E-state index in [1.165, 1.54) is 30.3 Å². The number of benzene rings is 2. The molecule has 11 heteroatoms. The smallest absolute Gasteiger partial charge is 0.392 e. The van der Waals surface area contributed by atoms with Crippen LogP contribution in [0.3, 0.4) is 0 Å². The van der Waals surface area contributed by atoms with E-state index in [1.54, 1.807) is 12.2 Å². The number of hydrogen-bond donors (Lipinski definition) is 4. The van der Waals surface area contributed by atoms with Crippen molar-refractivity contribution in [1.82, 2.24) is 15.1 Å². The Kier molecular flexibility index (Phi) is 9.30. The molecule has 2 fully saturated rings. The van der Waals surface area contributed by atoms with Crippen molar-refractivity contribution in [1.29, 1.82) is 0 Å². The minimum atomic E-state index is -4.56. The molecule has 0 bridgehead atoms. The third-order valence-corrected chi connectivity index (χ3v) is 6.95. The van der Waals surface area contributed by atoms with Crippen molar-refractivity contribution >= 4 is 23.2 Å². The summed E-state index contributed by atoms with van der Waals surface area (Å²) in [5, 5.41) is 5.98. The molecule has 6 N–H and O–H groups in total. The summed E-state index contributed by atoms with van der Waals surface area (Å²) in [5.74, 6) is 5.48. The molecule has 0 spiro atoms. The number of carbonyl (C=O) groups is 1. The second-order valence-electron chi connectivity index (χ2n) is 10.0. The second-order valence-corrected chi connectivity index (χ2v) is 10.4. The van der Waals surface area contributed by atoms with Gasteiger partial charge in [0, 0.05) is 55.6 Å². The van der Waals surface area contributed by atoms with E-state index < -0.39 is 17.6 Å². The quantitative estimate of drug-likeness (QED) is 0.294. The highest BCUT2D eigenvalue weighted by Gasteiger charge is 2.34. The molecular formula is C29H32ClF3N6O. The van der Waals surface area contributed by atoms with Crippen LogP contribution in [0.1, 0.15) is 39.9 Å². The number of halogens is 4. The van der Waals surface area contributed by atoms with E-state index in [-0.39, 0.29) is 29.1 Å². The number of alkyl halides is 3. The van der Waals surface area contributed by atoms with Gasteiger partial charge in [0.15, 0.2) is 0 Å². The summed E-state index contributed by atoms with van der Waals surface area (Å²) >= 11 is 6.24. The van der Waals surface area contributed by atoms with Gasteiger partial charge in [0.2, 0.25) is 0 Å². The number of nitrogens with two attached hydrogens (primary N) is 2. The molecule has 1 aliphatic carbocycles. The summed E-state index contributed by atoms with van der Waals surface area (Å²) in [6.45, 7) is 3.17. The van der Waals surface area contributed by atoms with Crippen molar-refractivity contribution < 1.29 is 18.0 Å². The molecule has 1 saturated heterocycles. The Morgan fingerprint density at radius 3 is 2.50 bits per heavy atom. The monoisotopic (exact) mass is 572 g/mol. The molecule has 1 saturated carbocycles. The standard InChI is InChI=1S/C29H32ClF3N6O/c1-38-12-14-39(15-13-38)18-21-3-7-24(17-25(21)29(31,32)33)37-28(40)20-4-10-26(30)19(16-20)2-5-22(34)6-11-27(35)36-23-8-9-23/h3-4,6-7,10-11,16-17,23,36H,8-9,12-15,18,34-35H2,1H3,(H,37,40)/b22-6-,27-11+. The molecule has 1 aliphatic heterocycles. The predicted molar refractivity (Wildman–Crippen MR) is 151 cm³/mol. The lowest BCUT2D eigenvalue weighted by Gasteiger charge is -2.33. The number of hydrogen-bond acceptors (Lipinski definition) is 6. The molecule has 4 rings (SSSR count). The van der Waals surface area contributed by atoms with Gasteiger partial charge >= 0.3 is 6.18 Å². The molecular weight excluding hydrogens is 541 g/mol. The SMILES string of the molecule is CN1CCN(Cc2ccc(NC(=O)c3ccc(Cl)c(C#C/C(N)=C/C=C(\N)NC4CC4)c3)cc2C(F)(F)F)CC1. The zero-order valence-electron chi connectivity index (χ0n) is 22.1. The molecule has 2 aromatic carbocycles. The van der Waals surface area contributed by atoms with Crippen LogP contribution in [-0.4, -0.2) is 55.0 Å². The first-order chi connectivity index (χ1) is 19.0. The van der Waals surface area contributed by atoms with E-state index >= 15 is 0 Å². The van der Waals surface area contributed by atoms with Crippen LogP contribution in [0.25, 0.3) is 0 Å². The van der Waals surface area contributed by atoms with Gasteiger partial charge in [0.05, 0.1) is 22.1 Å². The molecule has 0 unspecified atom stereocenters. The third-order valence-electron chi connectivity index (χ3n) is 6.62. The Hall–Kier alpha value is -3.65. The van der Waals surface area contributed by atoms with E-state index in [2.05, 4.69) is 27.4 Å². The number of nitrogens with zero attached hydrogens (tertiary/aromatic N) is 2. The fourth-order valence-electron chi connectivity index (χ4n) is 4.14. The van der Waals surface area contributed by atoms with Crippen molar-refractivity contribution in [2.24, 2.45) is 11.5 Å². The minimum absolute atomic E-state index is 0.0402. The highest BCUT2D eigenvalue weighted by atomic mass is 35.5. The highest BCUT2D eigenvalue weighted by molar-refractivity contribution is 6.32. The molecule has 1 amide bonds. The molecule has 0 atom stereocenters. The van der Waals surface area contributed by atoms with E-state index in [0.717, 1.165) is 32.0 Å². The predicted octanol–water partition coefficient (Wildman–Crippen LogP) is 4.10. The van der Waals surface area contributed by atoms with Crippen LogP contribution in [0.4, 0.5) is 18.9 Å². The lowest BCUT2D eigenvalue weighted by molar-refractivity contribution is -0.138. The van der Waals surface area contributed by atoms with Gasteiger partial charge in [-0.3, -0.25) is 9.69 Å². The number of carbonyl (C=O) groups excluding carboxylic acids is 1. The van der Waals surface area contributed by atoms with Gasteiger partial charge in [-0.25, -0.2) is 0 Å². The Morgan fingerprint density at radius 2 is 1.82 bits per heavy atom. The van der Waals surface area contributed by atoms with Crippen molar-refractivity contribution in [2.75, 3.05) is 38.5 Å². The summed E-state index contributed by atoms with van der Waals surface area (Å²) in [5.41, 5.74) is 12.0. The summed E-state index contributed by atoms with van der Waals surface area (Å²) in [4.78, 5) is 17.1. The average Bonchev–Trinajstić information content (AvgIpc) is 3.72. The number of allylic oxidation sites excluding steroid dienone is 3. The maximum Gasteiger partial charge on any atom is 0.416 e. The van der Waals surface area contributed by atoms with Gasteiger partial charge in [-0.05, 0) is 73.9 Å². The van der Waals surface area contributed by atoms with Gasteiger partial charge in [-0.2, -0.15) is 13.2 Å². The van der Waals surface area contributed by atoms with E-state index in [4.69, 9.17) is 23.1 Å². The molecule has 2 aliphatic rings. The maximum absolute atomic E-state index is 13.9. The van der Waals surface area contributed by atoms with Crippen molar-refractivity contribution in [2.45, 2.75) is 31.6 Å². The number of nitrogens with one attached hydrogen (secondary N) is 2. The van der Waals surface area contributed by atoms with Crippen LogP contribution in [0.5, 0.6) is 0 Å². The molecule has 2 aromatic rings. The number of rotatable bonds is 7. The molecule has 0 radical (unpaired) electrons. The van der Waals surface area contributed by atoms with E-state index in [0.29, 0.717) is 35.5 Å². The van der Waals surface area contributed by atoms with E-state index in [9.17, 15) is 18.0 Å². The Balaban J connectivity index is 1.47. The second kappa shape index (κ2) is 12.7. The van der Waals surface area contributed by atoms with Gasteiger partial charge < -0.3 is 27.0 Å². The summed E-state index contributed by atoms with van der Waals surface area (Å²) in [7, 11) is 1.99. The minimum Gasteiger partial charge on any atom is -0.392 e. The summed E-state index contributed by atoms with van der Waals surface area (Å²) in [6, 6.07) is 8.72.